The van der Waals surface area contributed by atoms with Gasteiger partial charge in [-0.15, -0.1) is 12.4 Å². The smallest absolute Gasteiger partial charge is 0.211 e. The normalized spacial score (nSPS) is 11.0. The number of sulfonamides is 1. The van der Waals surface area contributed by atoms with Crippen molar-refractivity contribution < 1.29 is 8.42 Å². The lowest BCUT2D eigenvalue weighted by Gasteiger charge is -2.05. The van der Waals surface area contributed by atoms with Gasteiger partial charge in [-0.2, -0.15) is 0 Å². The van der Waals surface area contributed by atoms with Crippen LogP contribution in [-0.4, -0.2) is 33.8 Å². The molecule has 0 unspecified atom stereocenters. The molecule has 0 aromatic carbocycles. The molecule has 0 atom stereocenters. The summed E-state index contributed by atoms with van der Waals surface area (Å²) >= 11 is 0. The van der Waals surface area contributed by atoms with Gasteiger partial charge in [-0.1, -0.05) is 13.8 Å². The molecule has 0 aliphatic heterocycles. The van der Waals surface area contributed by atoms with Crippen molar-refractivity contribution in [1.29, 1.82) is 0 Å². The van der Waals surface area contributed by atoms with Crippen LogP contribution in [0, 0.1) is 0 Å². The van der Waals surface area contributed by atoms with Crippen LogP contribution in [0.2, 0.25) is 0 Å². The minimum absolute atomic E-state index is 0. The van der Waals surface area contributed by atoms with E-state index in [1.165, 1.54) is 0 Å². The molecule has 0 saturated carbocycles. The van der Waals surface area contributed by atoms with Gasteiger partial charge in [0.15, 0.2) is 0 Å². The number of nitrogens with one attached hydrogen (secondary N) is 2. The van der Waals surface area contributed by atoms with E-state index in [0.717, 1.165) is 13.0 Å². The van der Waals surface area contributed by atoms with Gasteiger partial charge in [-0.05, 0) is 19.4 Å². The van der Waals surface area contributed by atoms with Gasteiger partial charge in [-0.25, -0.2) is 13.1 Å². The molecule has 0 radical (unpaired) electrons. The van der Waals surface area contributed by atoms with Crippen LogP contribution in [0.25, 0.3) is 0 Å². The lowest BCUT2D eigenvalue weighted by molar-refractivity contribution is 0.574. The number of rotatable bonds is 8. The molecule has 6 heteroatoms. The Balaban J connectivity index is 0. The predicted molar refractivity (Wildman–Crippen MR) is 62.5 cm³/mol. The van der Waals surface area contributed by atoms with Crippen molar-refractivity contribution in [3.8, 4) is 0 Å². The van der Waals surface area contributed by atoms with Crippen molar-refractivity contribution in [3.05, 3.63) is 0 Å². The maximum atomic E-state index is 11.1. The third-order valence-electron chi connectivity index (χ3n) is 1.52. The summed E-state index contributed by atoms with van der Waals surface area (Å²) in [5.41, 5.74) is 0. The second-order valence-corrected chi connectivity index (χ2v) is 4.89. The van der Waals surface area contributed by atoms with E-state index in [1.807, 2.05) is 6.92 Å². The van der Waals surface area contributed by atoms with Crippen molar-refractivity contribution in [2.75, 3.05) is 25.4 Å². The zero-order valence-electron chi connectivity index (χ0n) is 8.88. The Labute approximate surface area is 93.3 Å². The lowest BCUT2D eigenvalue weighted by Crippen LogP contribution is -2.33. The summed E-state index contributed by atoms with van der Waals surface area (Å²) in [5, 5.41) is 3.12. The molecule has 0 spiro atoms. The topological polar surface area (TPSA) is 58.2 Å². The molecule has 14 heavy (non-hydrogen) atoms. The van der Waals surface area contributed by atoms with Crippen LogP contribution in [0.15, 0.2) is 0 Å². The molecule has 0 fully saturated rings. The van der Waals surface area contributed by atoms with Crippen LogP contribution in [0.4, 0.5) is 0 Å². The fourth-order valence-corrected chi connectivity index (χ4v) is 2.03. The van der Waals surface area contributed by atoms with Crippen LogP contribution in [0.5, 0.6) is 0 Å². The maximum absolute atomic E-state index is 11.1. The standard InChI is InChI=1S/C8H20N2O2S.ClH/c1-3-5-9-6-7-10-13(11,12)8-4-2;/h9-10H,3-8H2,1-2H3;1H. The van der Waals surface area contributed by atoms with E-state index < -0.39 is 10.0 Å². The number of halogens is 1. The van der Waals surface area contributed by atoms with E-state index in [1.54, 1.807) is 0 Å². The van der Waals surface area contributed by atoms with E-state index >= 15 is 0 Å². The summed E-state index contributed by atoms with van der Waals surface area (Å²) < 4.78 is 24.8. The fourth-order valence-electron chi connectivity index (χ4n) is 0.938. The van der Waals surface area contributed by atoms with Gasteiger partial charge in [0.05, 0.1) is 5.75 Å². The van der Waals surface area contributed by atoms with Crippen LogP contribution < -0.4 is 10.0 Å². The summed E-state index contributed by atoms with van der Waals surface area (Å²) in [5.74, 6) is 0.223. The van der Waals surface area contributed by atoms with Crippen molar-refractivity contribution in [2.45, 2.75) is 26.7 Å². The van der Waals surface area contributed by atoms with E-state index in [2.05, 4.69) is 17.0 Å². The molecule has 88 valence electrons. The molecule has 2 N–H and O–H groups in total. The van der Waals surface area contributed by atoms with E-state index in [0.29, 0.717) is 19.5 Å². The van der Waals surface area contributed by atoms with Crippen LogP contribution >= 0.6 is 12.4 Å². The number of hydrogen-bond donors (Lipinski definition) is 2. The molecule has 0 aromatic rings. The van der Waals surface area contributed by atoms with Gasteiger partial charge < -0.3 is 5.32 Å². The summed E-state index contributed by atoms with van der Waals surface area (Å²) in [6.07, 6.45) is 1.74. The SMILES string of the molecule is CCCNCCNS(=O)(=O)CCC.Cl. The first-order valence-electron chi connectivity index (χ1n) is 4.80. The first-order valence-corrected chi connectivity index (χ1v) is 6.45. The first-order chi connectivity index (χ1) is 6.12. The third-order valence-corrected chi connectivity index (χ3v) is 3.11. The Morgan fingerprint density at radius 3 is 2.14 bits per heavy atom. The highest BCUT2D eigenvalue weighted by molar-refractivity contribution is 7.89. The Morgan fingerprint density at radius 1 is 1.00 bits per heavy atom. The zero-order valence-corrected chi connectivity index (χ0v) is 10.5. The fraction of sp³-hybridized carbons (Fsp3) is 1.00. The molecule has 0 aromatic heterocycles. The lowest BCUT2D eigenvalue weighted by atomic mass is 10.5. The van der Waals surface area contributed by atoms with Crippen LogP contribution in [-0.2, 0) is 10.0 Å². The molecule has 0 amide bonds. The maximum Gasteiger partial charge on any atom is 0.211 e. The Bertz CT molecular complexity index is 207. The van der Waals surface area contributed by atoms with E-state index in [-0.39, 0.29) is 18.2 Å². The minimum Gasteiger partial charge on any atom is -0.315 e. The third kappa shape index (κ3) is 10.2. The highest BCUT2D eigenvalue weighted by Gasteiger charge is 2.05. The van der Waals surface area contributed by atoms with Gasteiger partial charge in [-0.3, -0.25) is 0 Å². The minimum atomic E-state index is -3.01. The van der Waals surface area contributed by atoms with Crippen molar-refractivity contribution in [2.24, 2.45) is 0 Å². The van der Waals surface area contributed by atoms with Gasteiger partial charge in [0, 0.05) is 13.1 Å². The highest BCUT2D eigenvalue weighted by atomic mass is 35.5. The van der Waals surface area contributed by atoms with Crippen molar-refractivity contribution in [1.82, 2.24) is 10.0 Å². The second-order valence-electron chi connectivity index (χ2n) is 2.96. The number of hydrogen-bond acceptors (Lipinski definition) is 3. The monoisotopic (exact) mass is 244 g/mol. The van der Waals surface area contributed by atoms with Crippen molar-refractivity contribution >= 4 is 22.4 Å². The van der Waals surface area contributed by atoms with Gasteiger partial charge >= 0.3 is 0 Å². The Hall–Kier alpha value is 0.160. The van der Waals surface area contributed by atoms with Gasteiger partial charge in [0.25, 0.3) is 0 Å². The van der Waals surface area contributed by atoms with Crippen molar-refractivity contribution in [3.63, 3.8) is 0 Å². The molecule has 0 rings (SSSR count). The van der Waals surface area contributed by atoms with Gasteiger partial charge in [0.2, 0.25) is 10.0 Å². The van der Waals surface area contributed by atoms with Gasteiger partial charge in [0.1, 0.15) is 0 Å². The van der Waals surface area contributed by atoms with E-state index in [9.17, 15) is 8.42 Å². The summed E-state index contributed by atoms with van der Waals surface area (Å²) in [6.45, 7) is 6.07. The molecule has 0 aliphatic carbocycles. The quantitative estimate of drug-likeness (QED) is 0.620. The molecule has 4 nitrogen and oxygen atoms in total. The first kappa shape index (κ1) is 16.6. The largest absolute Gasteiger partial charge is 0.315 e. The molecule has 0 saturated heterocycles. The van der Waals surface area contributed by atoms with Crippen LogP contribution in [0.1, 0.15) is 26.7 Å². The molecule has 0 heterocycles. The zero-order chi connectivity index (χ0) is 10.2. The van der Waals surface area contributed by atoms with E-state index in [4.69, 9.17) is 0 Å². The molecular formula is C8H21ClN2O2S. The predicted octanol–water partition coefficient (Wildman–Crippen LogP) is 0.737. The second kappa shape index (κ2) is 9.71. The summed E-state index contributed by atoms with van der Waals surface area (Å²) in [6, 6.07) is 0. The summed E-state index contributed by atoms with van der Waals surface area (Å²) in [7, 11) is -3.01. The Kier molecular flexibility index (Phi) is 11.5. The highest BCUT2D eigenvalue weighted by Crippen LogP contribution is 1.86. The summed E-state index contributed by atoms with van der Waals surface area (Å²) in [4.78, 5) is 0. The molecule has 0 aliphatic rings. The Morgan fingerprint density at radius 2 is 1.64 bits per heavy atom. The molecule has 0 bridgehead atoms. The average Bonchev–Trinajstić information content (AvgIpc) is 2.04. The average molecular weight is 245 g/mol. The molecular weight excluding hydrogens is 224 g/mol. The van der Waals surface area contributed by atoms with Crippen LogP contribution in [0.3, 0.4) is 0 Å².